The van der Waals surface area contributed by atoms with Gasteiger partial charge in [-0.05, 0) is 34.5 Å². The lowest BCUT2D eigenvalue weighted by Gasteiger charge is -1.95. The van der Waals surface area contributed by atoms with Gasteiger partial charge in [-0.15, -0.1) is 0 Å². The number of nitrogens with zero attached hydrogens (tertiary/aromatic N) is 3. The molecule has 1 aliphatic rings. The fourth-order valence-electron chi connectivity index (χ4n) is 1.77. The predicted molar refractivity (Wildman–Crippen MR) is 63.7 cm³/mol. The fourth-order valence-corrected chi connectivity index (χ4v) is 2.21. The summed E-state index contributed by atoms with van der Waals surface area (Å²) in [5, 5.41) is 12.7. The standard InChI is InChI=1S/C11H8BrN3O3/c12-7-2-1-3-13-8(7)9-14-10(18-15-9)5-4-6(5)11(16)17/h1-3,5-6H,4H2,(H,16,17). The molecule has 18 heavy (non-hydrogen) atoms. The molecule has 0 spiro atoms. The van der Waals surface area contributed by atoms with E-state index >= 15 is 0 Å². The maximum Gasteiger partial charge on any atom is 0.307 e. The molecule has 92 valence electrons. The Labute approximate surface area is 110 Å². The molecule has 2 aromatic rings. The number of carboxylic acids is 1. The summed E-state index contributed by atoms with van der Waals surface area (Å²) in [5.74, 6) is -0.640. The maximum atomic E-state index is 10.8. The molecule has 7 heteroatoms. The highest BCUT2D eigenvalue weighted by Crippen LogP contribution is 2.47. The largest absolute Gasteiger partial charge is 0.481 e. The van der Waals surface area contributed by atoms with Gasteiger partial charge in [0.05, 0.1) is 11.8 Å². The van der Waals surface area contributed by atoms with Crippen molar-refractivity contribution in [1.82, 2.24) is 15.1 Å². The number of carboxylic acid groups (broad SMARTS) is 1. The van der Waals surface area contributed by atoms with Crippen LogP contribution >= 0.6 is 15.9 Å². The molecule has 2 aromatic heterocycles. The smallest absolute Gasteiger partial charge is 0.307 e. The van der Waals surface area contributed by atoms with E-state index in [1.165, 1.54) is 0 Å². The van der Waals surface area contributed by atoms with Crippen LogP contribution in [0.25, 0.3) is 11.5 Å². The van der Waals surface area contributed by atoms with Gasteiger partial charge in [0.2, 0.25) is 11.7 Å². The van der Waals surface area contributed by atoms with Crippen molar-refractivity contribution in [2.45, 2.75) is 12.3 Å². The van der Waals surface area contributed by atoms with E-state index in [1.54, 1.807) is 12.3 Å². The summed E-state index contributed by atoms with van der Waals surface area (Å²) >= 11 is 3.35. The second kappa shape index (κ2) is 4.16. The van der Waals surface area contributed by atoms with Gasteiger partial charge < -0.3 is 9.63 Å². The monoisotopic (exact) mass is 309 g/mol. The van der Waals surface area contributed by atoms with E-state index in [0.717, 1.165) is 4.47 Å². The van der Waals surface area contributed by atoms with E-state index in [-0.39, 0.29) is 5.92 Å². The molecule has 0 aromatic carbocycles. The van der Waals surface area contributed by atoms with E-state index in [9.17, 15) is 4.79 Å². The Balaban J connectivity index is 1.87. The number of aromatic nitrogens is 3. The molecule has 1 N–H and O–H groups in total. The maximum absolute atomic E-state index is 10.8. The number of pyridine rings is 1. The average molecular weight is 310 g/mol. The SMILES string of the molecule is O=C(O)C1CC1c1nc(-c2ncccc2Br)no1. The van der Waals surface area contributed by atoms with Gasteiger partial charge in [0.25, 0.3) is 0 Å². The van der Waals surface area contributed by atoms with Gasteiger partial charge >= 0.3 is 5.97 Å². The van der Waals surface area contributed by atoms with Crippen LogP contribution < -0.4 is 0 Å². The zero-order valence-electron chi connectivity index (χ0n) is 9.08. The van der Waals surface area contributed by atoms with E-state index < -0.39 is 11.9 Å². The number of aliphatic carboxylic acids is 1. The van der Waals surface area contributed by atoms with Crippen LogP contribution in [0, 0.1) is 5.92 Å². The van der Waals surface area contributed by atoms with Crippen molar-refractivity contribution in [1.29, 1.82) is 0 Å². The van der Waals surface area contributed by atoms with Crippen molar-refractivity contribution in [3.05, 3.63) is 28.7 Å². The Bertz CT molecular complexity index is 613. The molecule has 0 aliphatic heterocycles. The topological polar surface area (TPSA) is 89.1 Å². The Morgan fingerprint density at radius 2 is 2.39 bits per heavy atom. The molecule has 1 saturated carbocycles. The Morgan fingerprint density at radius 3 is 3.06 bits per heavy atom. The summed E-state index contributed by atoms with van der Waals surface area (Å²) in [5.41, 5.74) is 0.583. The lowest BCUT2D eigenvalue weighted by Crippen LogP contribution is -1.99. The second-order valence-corrected chi connectivity index (χ2v) is 4.93. The lowest BCUT2D eigenvalue weighted by atomic mass is 10.3. The zero-order chi connectivity index (χ0) is 12.7. The van der Waals surface area contributed by atoms with Gasteiger partial charge in [-0.25, -0.2) is 0 Å². The molecule has 1 fully saturated rings. The molecular weight excluding hydrogens is 302 g/mol. The van der Waals surface area contributed by atoms with Crippen LogP contribution in [0.1, 0.15) is 18.2 Å². The summed E-state index contributed by atoms with van der Waals surface area (Å²) in [6.45, 7) is 0. The Kier molecular flexibility index (Phi) is 2.62. The van der Waals surface area contributed by atoms with E-state index in [4.69, 9.17) is 9.63 Å². The van der Waals surface area contributed by atoms with Crippen LogP contribution in [0.15, 0.2) is 27.3 Å². The van der Waals surface area contributed by atoms with Crippen molar-refractivity contribution in [3.63, 3.8) is 0 Å². The molecule has 3 rings (SSSR count). The summed E-state index contributed by atoms with van der Waals surface area (Å²) in [4.78, 5) is 19.1. The fraction of sp³-hybridized carbons (Fsp3) is 0.273. The minimum Gasteiger partial charge on any atom is -0.481 e. The normalized spacial score (nSPS) is 21.8. The van der Waals surface area contributed by atoms with Gasteiger partial charge in [0.1, 0.15) is 5.69 Å². The van der Waals surface area contributed by atoms with E-state index in [0.29, 0.717) is 23.8 Å². The molecule has 0 saturated heterocycles. The quantitative estimate of drug-likeness (QED) is 0.933. The summed E-state index contributed by atoms with van der Waals surface area (Å²) in [6, 6.07) is 3.62. The first kappa shape index (κ1) is 11.3. The van der Waals surface area contributed by atoms with Crippen LogP contribution in [-0.4, -0.2) is 26.2 Å². The molecule has 2 unspecified atom stereocenters. The molecule has 2 atom stereocenters. The highest BCUT2D eigenvalue weighted by molar-refractivity contribution is 9.10. The average Bonchev–Trinajstić information content (AvgIpc) is 3.02. The second-order valence-electron chi connectivity index (χ2n) is 4.08. The van der Waals surface area contributed by atoms with Crippen LogP contribution in [-0.2, 0) is 4.79 Å². The summed E-state index contributed by atoms with van der Waals surface area (Å²) in [6.07, 6.45) is 2.19. The first-order valence-electron chi connectivity index (χ1n) is 5.34. The van der Waals surface area contributed by atoms with Crippen molar-refractivity contribution in [2.75, 3.05) is 0 Å². The van der Waals surface area contributed by atoms with Gasteiger partial charge in [-0.2, -0.15) is 4.98 Å². The number of hydrogen-bond donors (Lipinski definition) is 1. The zero-order valence-corrected chi connectivity index (χ0v) is 10.7. The Morgan fingerprint density at radius 1 is 1.56 bits per heavy atom. The third-order valence-corrected chi connectivity index (χ3v) is 3.48. The number of rotatable bonds is 3. The molecule has 0 amide bonds. The van der Waals surface area contributed by atoms with Crippen molar-refractivity contribution in [2.24, 2.45) is 5.92 Å². The molecule has 0 bridgehead atoms. The van der Waals surface area contributed by atoms with Crippen molar-refractivity contribution in [3.8, 4) is 11.5 Å². The van der Waals surface area contributed by atoms with Gasteiger partial charge in [0, 0.05) is 10.7 Å². The highest BCUT2D eigenvalue weighted by atomic mass is 79.9. The van der Waals surface area contributed by atoms with Gasteiger partial charge in [0.15, 0.2) is 0 Å². The molecule has 2 heterocycles. The van der Waals surface area contributed by atoms with E-state index in [1.807, 2.05) is 6.07 Å². The highest BCUT2D eigenvalue weighted by Gasteiger charge is 2.48. The summed E-state index contributed by atoms with van der Waals surface area (Å²) < 4.78 is 5.86. The van der Waals surface area contributed by atoms with Gasteiger partial charge in [-0.3, -0.25) is 9.78 Å². The summed E-state index contributed by atoms with van der Waals surface area (Å²) in [7, 11) is 0. The third-order valence-electron chi connectivity index (χ3n) is 2.84. The number of hydrogen-bond acceptors (Lipinski definition) is 5. The molecule has 1 aliphatic carbocycles. The van der Waals surface area contributed by atoms with Crippen molar-refractivity contribution < 1.29 is 14.4 Å². The lowest BCUT2D eigenvalue weighted by molar-refractivity contribution is -0.138. The minimum atomic E-state index is -0.821. The third kappa shape index (κ3) is 1.90. The molecule has 6 nitrogen and oxygen atoms in total. The number of halogens is 1. The first-order chi connectivity index (χ1) is 8.66. The number of carbonyl (C=O) groups is 1. The van der Waals surface area contributed by atoms with Gasteiger partial charge in [-0.1, -0.05) is 5.16 Å². The van der Waals surface area contributed by atoms with Crippen LogP contribution in [0.4, 0.5) is 0 Å². The Hall–Kier alpha value is -1.76. The molecule has 0 radical (unpaired) electrons. The van der Waals surface area contributed by atoms with Crippen molar-refractivity contribution >= 4 is 21.9 Å². The van der Waals surface area contributed by atoms with Crippen LogP contribution in [0.3, 0.4) is 0 Å². The minimum absolute atomic E-state index is 0.161. The molecular formula is C11H8BrN3O3. The van der Waals surface area contributed by atoms with E-state index in [2.05, 4.69) is 31.1 Å². The van der Waals surface area contributed by atoms with Crippen LogP contribution in [0.5, 0.6) is 0 Å². The predicted octanol–water partition coefficient (Wildman–Crippen LogP) is 2.08. The first-order valence-corrected chi connectivity index (χ1v) is 6.13. The van der Waals surface area contributed by atoms with Crippen LogP contribution in [0.2, 0.25) is 0 Å².